The van der Waals surface area contributed by atoms with Crippen LogP contribution in [0.3, 0.4) is 0 Å². The van der Waals surface area contributed by atoms with Crippen LogP contribution in [0.1, 0.15) is 23.3 Å². The number of halogens is 2. The van der Waals surface area contributed by atoms with E-state index in [4.69, 9.17) is 11.6 Å². The average molecular weight is 377 g/mol. The Morgan fingerprint density at radius 2 is 1.64 bits per heavy atom. The van der Waals surface area contributed by atoms with Crippen molar-refractivity contribution in [3.05, 3.63) is 77.4 Å². The Balaban J connectivity index is 0.00000176. The molecule has 0 aliphatic carbocycles. The molecule has 0 amide bonds. The minimum atomic E-state index is -0.266. The number of carbonyl (C=O) groups is 1. The maximum absolute atomic E-state index is 12.6. The lowest BCUT2D eigenvalue weighted by Gasteiger charge is -2.09. The van der Waals surface area contributed by atoms with Gasteiger partial charge in [-0.25, -0.2) is 0 Å². The predicted molar refractivity (Wildman–Crippen MR) is 84.6 cm³/mol. The summed E-state index contributed by atoms with van der Waals surface area (Å²) in [5.41, 5.74) is 1.72. The zero-order valence-corrected chi connectivity index (χ0v) is 14.4. The van der Waals surface area contributed by atoms with Gasteiger partial charge in [0.1, 0.15) is 0 Å². The zero-order valence-electron chi connectivity index (χ0n) is 12.0. The van der Waals surface area contributed by atoms with E-state index in [9.17, 15) is 4.79 Å². The molecule has 0 aliphatic rings. The van der Waals surface area contributed by atoms with E-state index in [-0.39, 0.29) is 28.8 Å². The topological polar surface area (TPSA) is 20.9 Å². The number of ketones is 1. The van der Waals surface area contributed by atoms with Gasteiger partial charge in [0.05, 0.1) is 0 Å². The monoisotopic (exact) mass is 375 g/mol. The van der Waals surface area contributed by atoms with Gasteiger partial charge >= 0.3 is 0 Å². The number of nitrogens with zero attached hydrogens (tertiary/aromatic N) is 1. The fourth-order valence-corrected chi connectivity index (χ4v) is 2.63. The Kier molecular flexibility index (Phi) is 5.33. The fourth-order valence-electron chi connectivity index (χ4n) is 2.50. The Bertz CT molecular complexity index is 796. The van der Waals surface area contributed by atoms with Crippen molar-refractivity contribution in [1.29, 1.82) is 0 Å². The van der Waals surface area contributed by atoms with E-state index in [1.165, 1.54) is 0 Å². The van der Waals surface area contributed by atoms with Gasteiger partial charge in [-0.1, -0.05) is 23.7 Å². The molecule has 0 fully saturated rings. The highest BCUT2D eigenvalue weighted by molar-refractivity contribution is 6.30. The molecule has 2 aromatic carbocycles. The van der Waals surface area contributed by atoms with Crippen LogP contribution in [0.5, 0.6) is 0 Å². The summed E-state index contributed by atoms with van der Waals surface area (Å²) < 4.78 is 2.01. The molecule has 1 aromatic heterocycles. The highest BCUT2D eigenvalue weighted by Gasteiger charge is 2.25. The minimum Gasteiger partial charge on any atom is -1.00 e. The number of hydrogen-bond acceptors (Lipinski definition) is 1. The second-order valence-corrected chi connectivity index (χ2v) is 5.46. The van der Waals surface area contributed by atoms with Crippen LogP contribution in [0.4, 0.5) is 0 Å². The Morgan fingerprint density at radius 3 is 2.36 bits per heavy atom. The summed E-state index contributed by atoms with van der Waals surface area (Å²) in [4.78, 5) is 12.6. The first-order chi connectivity index (χ1) is 10.2. The van der Waals surface area contributed by atoms with Crippen molar-refractivity contribution in [2.45, 2.75) is 13.0 Å². The zero-order chi connectivity index (χ0) is 14.8. The van der Waals surface area contributed by atoms with E-state index >= 15 is 0 Å². The van der Waals surface area contributed by atoms with Crippen molar-refractivity contribution < 1.29 is 26.3 Å². The number of benzene rings is 2. The van der Waals surface area contributed by atoms with Crippen molar-refractivity contribution in [2.24, 2.45) is 0 Å². The second kappa shape index (κ2) is 7.03. The number of aromatic nitrogens is 1. The van der Waals surface area contributed by atoms with E-state index in [1.807, 2.05) is 54.1 Å². The number of fused-ring (bicyclic) bond motifs is 1. The molecule has 1 unspecified atom stereocenters. The summed E-state index contributed by atoms with van der Waals surface area (Å²) in [6, 6.07) is 18.8. The number of hydrogen-bond donors (Lipinski definition) is 0. The number of rotatable bonds is 3. The predicted octanol–water partition coefficient (Wildman–Crippen LogP) is 1.23. The standard InChI is InChI=1S/C18H15ClNO.BrH/c1-13(18(21)15-8-10-16(19)11-9-15)20-12-4-6-14-5-2-3-7-17(14)20;/h2-13H,1H3;1H/q+1;/p-1. The lowest BCUT2D eigenvalue weighted by atomic mass is 10.0. The average Bonchev–Trinajstić information content (AvgIpc) is 2.53. The van der Waals surface area contributed by atoms with Crippen LogP contribution in [-0.2, 0) is 0 Å². The molecule has 4 heteroatoms. The van der Waals surface area contributed by atoms with Crippen LogP contribution >= 0.6 is 11.6 Å². The maximum Gasteiger partial charge on any atom is 0.230 e. The Hall–Kier alpha value is -1.71. The van der Waals surface area contributed by atoms with E-state index in [0.29, 0.717) is 10.6 Å². The summed E-state index contributed by atoms with van der Waals surface area (Å²) >= 11 is 5.87. The number of pyridine rings is 1. The van der Waals surface area contributed by atoms with Gasteiger partial charge in [0.25, 0.3) is 0 Å². The third-order valence-corrected chi connectivity index (χ3v) is 3.91. The summed E-state index contributed by atoms with van der Waals surface area (Å²) in [5, 5.41) is 1.76. The first kappa shape index (κ1) is 16.7. The molecule has 0 N–H and O–H groups in total. The molecule has 112 valence electrons. The van der Waals surface area contributed by atoms with Crippen LogP contribution in [0.15, 0.2) is 66.9 Å². The molecular weight excluding hydrogens is 362 g/mol. The van der Waals surface area contributed by atoms with Gasteiger partial charge < -0.3 is 17.0 Å². The molecule has 2 nitrogen and oxygen atoms in total. The SMILES string of the molecule is CC(C(=O)c1ccc(Cl)cc1)[n+]1cccc2ccccc21.[Br-]. The van der Waals surface area contributed by atoms with Crippen molar-refractivity contribution in [1.82, 2.24) is 0 Å². The Morgan fingerprint density at radius 1 is 1.00 bits per heavy atom. The summed E-state index contributed by atoms with van der Waals surface area (Å²) in [5.74, 6) is 0.0769. The highest BCUT2D eigenvalue weighted by Crippen LogP contribution is 2.16. The normalized spacial score (nSPS) is 11.7. The molecule has 22 heavy (non-hydrogen) atoms. The molecule has 3 aromatic rings. The van der Waals surface area contributed by atoms with Crippen LogP contribution in [-0.4, -0.2) is 5.78 Å². The molecular formula is C18H15BrClNO. The summed E-state index contributed by atoms with van der Waals surface area (Å²) in [6.07, 6.45) is 1.95. The van der Waals surface area contributed by atoms with Gasteiger partial charge in [0.15, 0.2) is 6.20 Å². The third-order valence-electron chi connectivity index (χ3n) is 3.66. The molecule has 0 aliphatic heterocycles. The lowest BCUT2D eigenvalue weighted by molar-refractivity contribution is -0.679. The first-order valence-electron chi connectivity index (χ1n) is 6.85. The van der Waals surface area contributed by atoms with Gasteiger partial charge in [-0.2, -0.15) is 4.57 Å². The highest BCUT2D eigenvalue weighted by atomic mass is 79.9. The first-order valence-corrected chi connectivity index (χ1v) is 7.23. The van der Waals surface area contributed by atoms with Crippen LogP contribution in [0, 0.1) is 0 Å². The quantitative estimate of drug-likeness (QED) is 0.497. The number of carbonyl (C=O) groups excluding carboxylic acids is 1. The maximum atomic E-state index is 12.6. The van der Waals surface area contributed by atoms with Crippen molar-refractivity contribution in [2.75, 3.05) is 0 Å². The van der Waals surface area contributed by atoms with Crippen LogP contribution in [0.25, 0.3) is 10.9 Å². The summed E-state index contributed by atoms with van der Waals surface area (Å²) in [7, 11) is 0. The molecule has 3 rings (SSSR count). The van der Waals surface area contributed by atoms with E-state index in [2.05, 4.69) is 0 Å². The smallest absolute Gasteiger partial charge is 0.230 e. The fraction of sp³-hybridized carbons (Fsp3) is 0.111. The van der Waals surface area contributed by atoms with Gasteiger partial charge in [0, 0.05) is 35.0 Å². The van der Waals surface area contributed by atoms with Gasteiger partial charge in [-0.05, 0) is 36.4 Å². The van der Waals surface area contributed by atoms with Crippen LogP contribution < -0.4 is 21.5 Å². The number of Topliss-reactive ketones (excluding diaryl/α,β-unsaturated/α-hetero) is 1. The van der Waals surface area contributed by atoms with Gasteiger partial charge in [0.2, 0.25) is 17.3 Å². The van der Waals surface area contributed by atoms with Crippen molar-refractivity contribution in [3.8, 4) is 0 Å². The van der Waals surface area contributed by atoms with Crippen molar-refractivity contribution in [3.63, 3.8) is 0 Å². The molecule has 0 saturated carbocycles. The van der Waals surface area contributed by atoms with Crippen LogP contribution in [0.2, 0.25) is 5.02 Å². The molecule has 1 heterocycles. The molecule has 0 radical (unpaired) electrons. The molecule has 0 bridgehead atoms. The van der Waals surface area contributed by atoms with E-state index in [1.54, 1.807) is 24.3 Å². The Labute approximate surface area is 145 Å². The number of para-hydroxylation sites is 1. The molecule has 1 atom stereocenters. The summed E-state index contributed by atoms with van der Waals surface area (Å²) in [6.45, 7) is 1.92. The minimum absolute atomic E-state index is 0. The van der Waals surface area contributed by atoms with Gasteiger partial charge in [-0.3, -0.25) is 4.79 Å². The molecule has 0 spiro atoms. The largest absolute Gasteiger partial charge is 1.00 e. The van der Waals surface area contributed by atoms with E-state index in [0.717, 1.165) is 10.9 Å². The lowest BCUT2D eigenvalue weighted by Crippen LogP contribution is -3.00. The van der Waals surface area contributed by atoms with Gasteiger partial charge in [-0.15, -0.1) is 0 Å². The second-order valence-electron chi connectivity index (χ2n) is 5.02. The van der Waals surface area contributed by atoms with E-state index < -0.39 is 0 Å². The molecule has 0 saturated heterocycles. The third kappa shape index (κ3) is 3.21. The van der Waals surface area contributed by atoms with Crippen molar-refractivity contribution >= 4 is 28.3 Å².